The summed E-state index contributed by atoms with van der Waals surface area (Å²) in [5, 5.41) is 10.4. The smallest absolute Gasteiger partial charge is 0.401 e. The maximum atomic E-state index is 10.9. The second kappa shape index (κ2) is 5.18. The number of primary amides is 1. The highest BCUT2D eigenvalue weighted by atomic mass is 16.6. The largest absolute Gasteiger partial charge is 0.433 e. The Bertz CT molecular complexity index is 641. The maximum Gasteiger partial charge on any atom is 0.433 e. The number of carbonyl (C=O) groups is 1. The predicted octanol–water partition coefficient (Wildman–Crippen LogP) is 2.46. The van der Waals surface area contributed by atoms with E-state index in [0.717, 1.165) is 5.56 Å². The molecule has 6 heteroatoms. The number of rotatable bonds is 4. The van der Waals surface area contributed by atoms with E-state index in [1.54, 1.807) is 36.4 Å². The van der Waals surface area contributed by atoms with Crippen LogP contribution in [-0.2, 0) is 0 Å². The molecule has 0 saturated carbocycles. The summed E-state index contributed by atoms with van der Waals surface area (Å²) >= 11 is 0. The van der Waals surface area contributed by atoms with E-state index in [-0.39, 0.29) is 5.88 Å². The summed E-state index contributed by atoms with van der Waals surface area (Å²) < 4.78 is 4.97. The molecule has 96 valence electrons. The fourth-order valence-corrected chi connectivity index (χ4v) is 1.47. The van der Waals surface area contributed by atoms with Gasteiger partial charge in [-0.05, 0) is 29.8 Å². The van der Waals surface area contributed by atoms with Gasteiger partial charge in [-0.2, -0.15) is 0 Å². The molecule has 0 aliphatic rings. The lowest BCUT2D eigenvalue weighted by atomic mass is 10.1. The normalized spacial score (nSPS) is 10.7. The standard InChI is InChI=1S/C13H10N2O4/c14-13(16)10-4-1-9(2-5-10)3-6-11-7-8-12(19-11)15(17)18/h1-8H,(H2,14,16). The number of nitro groups is 1. The van der Waals surface area contributed by atoms with Crippen molar-refractivity contribution in [3.05, 3.63) is 63.4 Å². The third kappa shape index (κ3) is 3.06. The van der Waals surface area contributed by atoms with E-state index in [1.165, 1.54) is 12.1 Å². The first-order valence-corrected chi connectivity index (χ1v) is 5.38. The van der Waals surface area contributed by atoms with Gasteiger partial charge in [0.25, 0.3) is 0 Å². The Hall–Kier alpha value is -2.89. The zero-order valence-corrected chi connectivity index (χ0v) is 9.78. The molecular weight excluding hydrogens is 248 g/mol. The van der Waals surface area contributed by atoms with Gasteiger partial charge in [0.05, 0.1) is 6.07 Å². The first kappa shape index (κ1) is 12.6. The zero-order valence-electron chi connectivity index (χ0n) is 9.78. The number of amides is 1. The summed E-state index contributed by atoms with van der Waals surface area (Å²) in [6.45, 7) is 0. The molecule has 1 amide bonds. The Balaban J connectivity index is 2.13. The predicted molar refractivity (Wildman–Crippen MR) is 69.3 cm³/mol. The summed E-state index contributed by atoms with van der Waals surface area (Å²) in [7, 11) is 0. The van der Waals surface area contributed by atoms with E-state index in [1.807, 2.05) is 0 Å². The number of benzene rings is 1. The molecular formula is C13H10N2O4. The van der Waals surface area contributed by atoms with Gasteiger partial charge in [-0.1, -0.05) is 18.2 Å². The molecule has 2 aromatic rings. The van der Waals surface area contributed by atoms with Gasteiger partial charge >= 0.3 is 5.88 Å². The summed E-state index contributed by atoms with van der Waals surface area (Å²) in [6.07, 6.45) is 3.32. The molecule has 2 rings (SSSR count). The molecule has 0 fully saturated rings. The van der Waals surface area contributed by atoms with Crippen molar-refractivity contribution in [2.45, 2.75) is 0 Å². The van der Waals surface area contributed by atoms with Gasteiger partial charge in [0.1, 0.15) is 10.7 Å². The maximum absolute atomic E-state index is 10.9. The molecule has 19 heavy (non-hydrogen) atoms. The van der Waals surface area contributed by atoms with E-state index in [2.05, 4.69) is 0 Å². The minimum atomic E-state index is -0.598. The zero-order chi connectivity index (χ0) is 13.8. The van der Waals surface area contributed by atoms with Gasteiger partial charge in [0.15, 0.2) is 0 Å². The highest BCUT2D eigenvalue weighted by Crippen LogP contribution is 2.18. The summed E-state index contributed by atoms with van der Waals surface area (Å²) in [4.78, 5) is 20.7. The molecule has 2 N–H and O–H groups in total. The van der Waals surface area contributed by atoms with Crippen LogP contribution in [0, 0.1) is 10.1 Å². The van der Waals surface area contributed by atoms with Crippen molar-refractivity contribution >= 4 is 23.9 Å². The quantitative estimate of drug-likeness (QED) is 0.672. The van der Waals surface area contributed by atoms with Crippen LogP contribution in [0.15, 0.2) is 40.8 Å². The van der Waals surface area contributed by atoms with E-state index in [4.69, 9.17) is 10.2 Å². The van der Waals surface area contributed by atoms with Crippen LogP contribution in [0.3, 0.4) is 0 Å². The first-order valence-electron chi connectivity index (χ1n) is 5.38. The van der Waals surface area contributed by atoms with Crippen LogP contribution in [0.1, 0.15) is 21.7 Å². The van der Waals surface area contributed by atoms with Crippen LogP contribution in [0.2, 0.25) is 0 Å². The number of nitrogens with zero attached hydrogens (tertiary/aromatic N) is 1. The Morgan fingerprint density at radius 2 is 1.84 bits per heavy atom. The summed E-state index contributed by atoms with van der Waals surface area (Å²) in [5.41, 5.74) is 6.37. The van der Waals surface area contributed by atoms with Crippen LogP contribution < -0.4 is 5.73 Å². The van der Waals surface area contributed by atoms with Crippen LogP contribution >= 0.6 is 0 Å². The van der Waals surface area contributed by atoms with Gasteiger partial charge < -0.3 is 10.2 Å². The first-order chi connectivity index (χ1) is 9.06. The third-order valence-electron chi connectivity index (χ3n) is 2.43. The number of hydrogen-bond acceptors (Lipinski definition) is 4. The van der Waals surface area contributed by atoms with Gasteiger partial charge in [-0.15, -0.1) is 0 Å². The van der Waals surface area contributed by atoms with E-state index < -0.39 is 10.8 Å². The molecule has 0 spiro atoms. The fourth-order valence-electron chi connectivity index (χ4n) is 1.47. The number of hydrogen-bond donors (Lipinski definition) is 1. The van der Waals surface area contributed by atoms with Gasteiger partial charge in [0.2, 0.25) is 5.91 Å². The molecule has 0 saturated heterocycles. The molecule has 0 bridgehead atoms. The molecule has 1 heterocycles. The van der Waals surface area contributed by atoms with E-state index in [9.17, 15) is 14.9 Å². The minimum absolute atomic E-state index is 0.302. The van der Waals surface area contributed by atoms with Gasteiger partial charge in [-0.3, -0.25) is 14.9 Å². The molecule has 0 radical (unpaired) electrons. The highest BCUT2D eigenvalue weighted by molar-refractivity contribution is 5.93. The van der Waals surface area contributed by atoms with Crippen molar-refractivity contribution in [2.75, 3.05) is 0 Å². The lowest BCUT2D eigenvalue weighted by Gasteiger charge is -1.96. The van der Waals surface area contributed by atoms with Crippen LogP contribution in [0.4, 0.5) is 5.88 Å². The molecule has 0 aliphatic heterocycles. The van der Waals surface area contributed by atoms with E-state index in [0.29, 0.717) is 11.3 Å². The monoisotopic (exact) mass is 258 g/mol. The Labute approximate surface area is 108 Å². The van der Waals surface area contributed by atoms with Crippen LogP contribution in [0.25, 0.3) is 12.2 Å². The second-order valence-electron chi connectivity index (χ2n) is 3.75. The number of carbonyl (C=O) groups excluding carboxylic acids is 1. The average molecular weight is 258 g/mol. The van der Waals surface area contributed by atoms with Crippen molar-refractivity contribution in [2.24, 2.45) is 5.73 Å². The van der Waals surface area contributed by atoms with Crippen LogP contribution in [0.5, 0.6) is 0 Å². The Morgan fingerprint density at radius 3 is 2.37 bits per heavy atom. The lowest BCUT2D eigenvalue weighted by molar-refractivity contribution is -0.402. The molecule has 0 aliphatic carbocycles. The Morgan fingerprint density at radius 1 is 1.16 bits per heavy atom. The molecule has 0 unspecified atom stereocenters. The van der Waals surface area contributed by atoms with E-state index >= 15 is 0 Å². The van der Waals surface area contributed by atoms with Crippen LogP contribution in [-0.4, -0.2) is 10.8 Å². The fraction of sp³-hybridized carbons (Fsp3) is 0. The molecule has 6 nitrogen and oxygen atoms in total. The Kier molecular flexibility index (Phi) is 3.42. The van der Waals surface area contributed by atoms with Crippen molar-refractivity contribution in [3.8, 4) is 0 Å². The number of nitrogens with two attached hydrogens (primary N) is 1. The third-order valence-corrected chi connectivity index (χ3v) is 2.43. The SMILES string of the molecule is NC(=O)c1ccc(C=Cc2ccc([N+](=O)[O-])o2)cc1. The summed E-state index contributed by atoms with van der Waals surface area (Å²) in [6, 6.07) is 9.43. The highest BCUT2D eigenvalue weighted by Gasteiger charge is 2.09. The average Bonchev–Trinajstić information content (AvgIpc) is 2.86. The van der Waals surface area contributed by atoms with Crippen molar-refractivity contribution in [1.29, 1.82) is 0 Å². The molecule has 1 aromatic heterocycles. The van der Waals surface area contributed by atoms with Crippen molar-refractivity contribution in [3.63, 3.8) is 0 Å². The molecule has 0 atom stereocenters. The van der Waals surface area contributed by atoms with Crippen molar-refractivity contribution in [1.82, 2.24) is 0 Å². The lowest BCUT2D eigenvalue weighted by Crippen LogP contribution is -2.10. The summed E-state index contributed by atoms with van der Waals surface area (Å²) in [5.74, 6) is -0.411. The van der Waals surface area contributed by atoms with Gasteiger partial charge in [0, 0.05) is 5.56 Å². The topological polar surface area (TPSA) is 99.4 Å². The second-order valence-corrected chi connectivity index (χ2v) is 3.75. The van der Waals surface area contributed by atoms with Gasteiger partial charge in [-0.25, -0.2) is 0 Å². The number of furan rings is 1. The molecule has 1 aromatic carbocycles. The minimum Gasteiger partial charge on any atom is -0.401 e. The van der Waals surface area contributed by atoms with Crippen molar-refractivity contribution < 1.29 is 14.1 Å².